The summed E-state index contributed by atoms with van der Waals surface area (Å²) < 4.78 is 13.6. The SMILES string of the molecule is CC(=O)C1(O)O[C@H](CO)[C@](O[C@]2(C(C)=O)O[C@H](CO)[C@@](O)(CC(Cl)(Cl)Cl)[C@@](O)(C(C)=O)[C@]2(O)C(C)=O)(C(C)=O)[C@@](O)(C(C)=O)[C@]1(O)C(C)=O. The van der Waals surface area contributed by atoms with E-state index in [0.717, 1.165) is 0 Å². The molecule has 0 aliphatic carbocycles. The van der Waals surface area contributed by atoms with Gasteiger partial charge in [-0.1, -0.05) is 34.8 Å². The van der Waals surface area contributed by atoms with Crippen LogP contribution in [0.2, 0.25) is 0 Å². The van der Waals surface area contributed by atoms with Gasteiger partial charge in [0.15, 0.2) is 55.5 Å². The number of ether oxygens (including phenoxy) is 3. The second kappa shape index (κ2) is 13.0. The number of hydrogen-bond acceptors (Lipinski definition) is 18. The molecule has 21 heteroatoms. The Morgan fingerprint density at radius 3 is 1.27 bits per heavy atom. The fraction of sp³-hybridized carbons (Fsp3) is 0.750. The van der Waals surface area contributed by atoms with E-state index in [-0.39, 0.29) is 0 Å². The quantitative estimate of drug-likeness (QED) is 0.0891. The highest BCUT2D eigenvalue weighted by Gasteiger charge is 2.90. The van der Waals surface area contributed by atoms with Crippen LogP contribution in [0, 0.1) is 0 Å². The van der Waals surface area contributed by atoms with Crippen LogP contribution in [0.25, 0.3) is 0 Å². The van der Waals surface area contributed by atoms with E-state index in [1.807, 2.05) is 0 Å². The van der Waals surface area contributed by atoms with E-state index >= 15 is 0 Å². The van der Waals surface area contributed by atoms with Gasteiger partial charge in [0.05, 0.1) is 13.2 Å². The molecule has 2 aliphatic rings. The molecule has 0 aromatic carbocycles. The highest BCUT2D eigenvalue weighted by molar-refractivity contribution is 6.67. The minimum atomic E-state index is -4.41. The van der Waals surface area contributed by atoms with Crippen molar-refractivity contribution in [1.29, 1.82) is 0 Å². The molecule has 0 amide bonds. The summed E-state index contributed by atoms with van der Waals surface area (Å²) in [6, 6.07) is 0. The Morgan fingerprint density at radius 2 is 0.980 bits per heavy atom. The molecule has 1 unspecified atom stereocenters. The zero-order chi connectivity index (χ0) is 38.9. The van der Waals surface area contributed by atoms with Crippen LogP contribution >= 0.6 is 34.8 Å². The molecular formula is C28H37Cl3O18. The standard InChI is InChI=1S/C28H37Cl3O18/c1-11(34)22(19(9-33)47-27(46,16(6)39)25(44,14(4)37)24(22,43)13(3)36)49-28(17(7)40)26(45,15(5)38)23(42,12(2)35)20(41,10-21(29,30)31)18(8-32)48-28/h18-19,32-33,41-46H,8-10H2,1-7H3/t18-,19-,20+,22-,23+,24+,25-,26-,27?,28+/m1/s1. The van der Waals surface area contributed by atoms with Crippen LogP contribution in [-0.2, 0) is 47.8 Å². The molecule has 8 N–H and O–H groups in total. The van der Waals surface area contributed by atoms with Crippen LogP contribution in [0.1, 0.15) is 54.9 Å². The number of aliphatic hydroxyl groups excluding tert-OH is 2. The summed E-state index contributed by atoms with van der Waals surface area (Å²) >= 11 is 17.5. The van der Waals surface area contributed by atoms with Crippen molar-refractivity contribution in [2.24, 2.45) is 0 Å². The molecule has 49 heavy (non-hydrogen) atoms. The van der Waals surface area contributed by atoms with Crippen LogP contribution in [0.5, 0.6) is 0 Å². The Morgan fingerprint density at radius 1 is 0.571 bits per heavy atom. The van der Waals surface area contributed by atoms with Crippen molar-refractivity contribution in [3.8, 4) is 0 Å². The van der Waals surface area contributed by atoms with Gasteiger partial charge in [-0.25, -0.2) is 0 Å². The Hall–Kier alpha value is -1.88. The molecule has 2 heterocycles. The number of alkyl halides is 3. The van der Waals surface area contributed by atoms with Gasteiger partial charge < -0.3 is 55.1 Å². The van der Waals surface area contributed by atoms with Gasteiger partial charge in [0.1, 0.15) is 17.8 Å². The molecule has 0 spiro atoms. The first-order valence-electron chi connectivity index (χ1n) is 14.1. The third-order valence-electron chi connectivity index (χ3n) is 9.39. The molecule has 0 bridgehead atoms. The summed E-state index contributed by atoms with van der Waals surface area (Å²) in [6.45, 7) is -0.435. The molecule has 2 fully saturated rings. The van der Waals surface area contributed by atoms with Gasteiger partial charge in [0.2, 0.25) is 16.8 Å². The Bertz CT molecular complexity index is 1480. The topological polar surface area (TPSA) is 309 Å². The number of carbonyl (C=O) groups excluding carboxylic acids is 7. The largest absolute Gasteiger partial charge is 0.394 e. The number of rotatable bonds is 12. The maximum absolute atomic E-state index is 13.9. The highest BCUT2D eigenvalue weighted by atomic mass is 35.6. The predicted octanol–water partition coefficient (Wildman–Crippen LogP) is -3.55. The molecule has 10 atom stereocenters. The molecule has 0 saturated carbocycles. The van der Waals surface area contributed by atoms with E-state index in [1.165, 1.54) is 0 Å². The van der Waals surface area contributed by atoms with Crippen molar-refractivity contribution in [1.82, 2.24) is 0 Å². The van der Waals surface area contributed by atoms with Crippen LogP contribution in [0.4, 0.5) is 0 Å². The van der Waals surface area contributed by atoms with E-state index in [2.05, 4.69) is 0 Å². The van der Waals surface area contributed by atoms with E-state index < -0.39 is 121 Å². The molecule has 2 rings (SSSR count). The molecule has 278 valence electrons. The van der Waals surface area contributed by atoms with Gasteiger partial charge in [-0.15, -0.1) is 0 Å². The summed E-state index contributed by atoms with van der Waals surface area (Å²) in [6.07, 6.45) is -7.01. The van der Waals surface area contributed by atoms with Crippen LogP contribution in [0.3, 0.4) is 0 Å². The van der Waals surface area contributed by atoms with Crippen molar-refractivity contribution in [3.63, 3.8) is 0 Å². The lowest BCUT2D eigenvalue weighted by Gasteiger charge is -2.66. The average Bonchev–Trinajstić information content (AvgIpc) is 2.95. The first-order valence-corrected chi connectivity index (χ1v) is 15.2. The number of halogens is 3. The van der Waals surface area contributed by atoms with Crippen molar-refractivity contribution in [2.45, 2.75) is 116 Å². The van der Waals surface area contributed by atoms with Gasteiger partial charge in [0.25, 0.3) is 11.6 Å². The van der Waals surface area contributed by atoms with Gasteiger partial charge in [-0.3, -0.25) is 33.6 Å². The highest BCUT2D eigenvalue weighted by Crippen LogP contribution is 2.60. The van der Waals surface area contributed by atoms with Crippen molar-refractivity contribution in [3.05, 3.63) is 0 Å². The lowest BCUT2D eigenvalue weighted by Crippen LogP contribution is -2.95. The maximum atomic E-state index is 13.9. The summed E-state index contributed by atoms with van der Waals surface area (Å²) in [5.74, 6) is -21.2. The van der Waals surface area contributed by atoms with Crippen LogP contribution in [-0.4, -0.2) is 156 Å². The van der Waals surface area contributed by atoms with E-state index in [4.69, 9.17) is 49.0 Å². The maximum Gasteiger partial charge on any atom is 0.271 e. The molecule has 0 aromatic heterocycles. The number of ketones is 7. The number of aliphatic hydroxyl groups is 8. The summed E-state index contributed by atoms with van der Waals surface area (Å²) in [7, 11) is 0. The van der Waals surface area contributed by atoms with Crippen LogP contribution < -0.4 is 0 Å². The average molecular weight is 768 g/mol. The van der Waals surface area contributed by atoms with Gasteiger partial charge >= 0.3 is 0 Å². The first-order chi connectivity index (χ1) is 21.8. The molecule has 0 radical (unpaired) electrons. The number of Topliss-reactive ketones (excluding diaryl/α,β-unsaturated/α-hetero) is 7. The Labute approximate surface area is 292 Å². The number of hydrogen-bond donors (Lipinski definition) is 8. The summed E-state index contributed by atoms with van der Waals surface area (Å²) in [5, 5.41) is 92.4. The lowest BCUT2D eigenvalue weighted by atomic mass is 9.55. The third kappa shape index (κ3) is 5.14. The van der Waals surface area contributed by atoms with E-state index in [1.54, 1.807) is 0 Å². The second-order valence-corrected chi connectivity index (χ2v) is 14.6. The van der Waals surface area contributed by atoms with Crippen molar-refractivity contribution in [2.75, 3.05) is 13.2 Å². The fourth-order valence-electron chi connectivity index (χ4n) is 7.01. The Kier molecular flexibility index (Phi) is 11.4. The lowest BCUT2D eigenvalue weighted by molar-refractivity contribution is -0.459. The van der Waals surface area contributed by atoms with E-state index in [0.29, 0.717) is 48.5 Å². The minimum Gasteiger partial charge on any atom is -0.394 e. The zero-order valence-corrected chi connectivity index (χ0v) is 29.3. The Balaban J connectivity index is 3.43. The molecular weight excluding hydrogens is 731 g/mol. The fourth-order valence-corrected chi connectivity index (χ4v) is 7.62. The molecule has 0 aromatic rings. The zero-order valence-electron chi connectivity index (χ0n) is 27.1. The minimum absolute atomic E-state index is 0.372. The van der Waals surface area contributed by atoms with E-state index in [9.17, 15) is 74.4 Å². The molecule has 18 nitrogen and oxygen atoms in total. The van der Waals surface area contributed by atoms with Gasteiger partial charge in [0, 0.05) is 20.3 Å². The smallest absolute Gasteiger partial charge is 0.271 e. The first kappa shape index (κ1) is 43.3. The normalized spacial score (nSPS) is 42.7. The van der Waals surface area contributed by atoms with Gasteiger partial charge in [-0.05, 0) is 34.6 Å². The summed E-state index contributed by atoms with van der Waals surface area (Å²) in [5.41, 5.74) is -25.0. The van der Waals surface area contributed by atoms with Crippen LogP contribution in [0.15, 0.2) is 0 Å². The monoisotopic (exact) mass is 766 g/mol. The molecule has 2 saturated heterocycles. The van der Waals surface area contributed by atoms with Crippen molar-refractivity contribution < 1.29 is 88.6 Å². The summed E-state index contributed by atoms with van der Waals surface area (Å²) in [4.78, 5) is 94.0. The van der Waals surface area contributed by atoms with Crippen molar-refractivity contribution >= 4 is 75.3 Å². The molecule has 2 aliphatic heterocycles. The third-order valence-corrected chi connectivity index (χ3v) is 9.79. The second-order valence-electron chi connectivity index (χ2n) is 12.1. The predicted molar refractivity (Wildman–Crippen MR) is 160 cm³/mol. The number of carbonyl (C=O) groups is 7. The van der Waals surface area contributed by atoms with Gasteiger partial charge in [-0.2, -0.15) is 0 Å².